The maximum Gasteiger partial charge on any atom is 0.254 e. The Morgan fingerprint density at radius 3 is 2.38 bits per heavy atom. The van der Waals surface area contributed by atoms with E-state index in [1.54, 1.807) is 4.90 Å². The van der Waals surface area contributed by atoms with Gasteiger partial charge in [0, 0.05) is 24.2 Å². The van der Waals surface area contributed by atoms with Gasteiger partial charge in [-0.15, -0.1) is 0 Å². The van der Waals surface area contributed by atoms with Crippen molar-refractivity contribution in [3.8, 4) is 0 Å². The van der Waals surface area contributed by atoms with Crippen LogP contribution < -0.4 is 5.32 Å². The number of halogens is 3. The number of carbonyl (C=O) groups excluding carboxylic acids is 1. The quantitative estimate of drug-likeness (QED) is 0.866. The molecule has 1 aromatic carbocycles. The summed E-state index contributed by atoms with van der Waals surface area (Å²) >= 11 is 0. The highest BCUT2D eigenvalue weighted by Gasteiger charge is 2.35. The van der Waals surface area contributed by atoms with Gasteiger partial charge in [0.15, 0.2) is 17.5 Å². The molecule has 1 saturated carbocycles. The summed E-state index contributed by atoms with van der Waals surface area (Å²) in [6, 6.07) is 1.91. The number of hydrogen-bond acceptors (Lipinski definition) is 2. The topological polar surface area (TPSA) is 32.3 Å². The molecule has 2 fully saturated rings. The van der Waals surface area contributed by atoms with Crippen molar-refractivity contribution in [2.45, 2.75) is 37.8 Å². The van der Waals surface area contributed by atoms with E-state index in [1.807, 2.05) is 0 Å². The van der Waals surface area contributed by atoms with Crippen LogP contribution in [0, 0.1) is 17.5 Å². The third-order valence-electron chi connectivity index (χ3n) is 4.06. The maximum absolute atomic E-state index is 13.3. The van der Waals surface area contributed by atoms with Gasteiger partial charge in [-0.1, -0.05) is 0 Å². The molecule has 0 radical (unpaired) electrons. The van der Waals surface area contributed by atoms with Crippen molar-refractivity contribution in [3.05, 3.63) is 35.1 Å². The number of nitrogens with zero attached hydrogens (tertiary/aromatic N) is 1. The van der Waals surface area contributed by atoms with Gasteiger partial charge in [-0.05, 0) is 44.4 Å². The summed E-state index contributed by atoms with van der Waals surface area (Å²) in [4.78, 5) is 14.1. The van der Waals surface area contributed by atoms with Gasteiger partial charge in [0.1, 0.15) is 0 Å². The molecule has 1 aromatic rings. The number of carbonyl (C=O) groups is 1. The summed E-state index contributed by atoms with van der Waals surface area (Å²) in [6.45, 7) is 1.46. The van der Waals surface area contributed by atoms with Crippen molar-refractivity contribution in [3.63, 3.8) is 0 Å². The van der Waals surface area contributed by atoms with Gasteiger partial charge in [-0.3, -0.25) is 4.79 Å². The van der Waals surface area contributed by atoms with E-state index < -0.39 is 23.4 Å². The van der Waals surface area contributed by atoms with Crippen molar-refractivity contribution in [1.29, 1.82) is 0 Å². The minimum atomic E-state index is -1.54. The molecule has 6 heteroatoms. The highest BCUT2D eigenvalue weighted by atomic mass is 19.2. The Balaban J connectivity index is 1.80. The van der Waals surface area contributed by atoms with Crippen LogP contribution in [0.4, 0.5) is 13.2 Å². The minimum absolute atomic E-state index is 0.128. The summed E-state index contributed by atoms with van der Waals surface area (Å²) in [5.74, 6) is -4.62. The molecule has 1 saturated heterocycles. The smallest absolute Gasteiger partial charge is 0.254 e. The third-order valence-corrected chi connectivity index (χ3v) is 4.06. The lowest BCUT2D eigenvalue weighted by atomic mass is 10.1. The second kappa shape index (κ2) is 5.67. The van der Waals surface area contributed by atoms with Crippen LogP contribution in [0.5, 0.6) is 0 Å². The summed E-state index contributed by atoms with van der Waals surface area (Å²) in [5.41, 5.74) is -0.128. The first-order valence-electron chi connectivity index (χ1n) is 7.25. The van der Waals surface area contributed by atoms with E-state index >= 15 is 0 Å². The molecule has 1 aliphatic carbocycles. The molecule has 21 heavy (non-hydrogen) atoms. The van der Waals surface area contributed by atoms with Crippen molar-refractivity contribution < 1.29 is 18.0 Å². The Hall–Kier alpha value is -1.56. The Kier molecular flexibility index (Phi) is 3.89. The van der Waals surface area contributed by atoms with Crippen LogP contribution in [-0.4, -0.2) is 36.0 Å². The highest BCUT2D eigenvalue weighted by molar-refractivity contribution is 5.94. The van der Waals surface area contributed by atoms with Crippen LogP contribution >= 0.6 is 0 Å². The molecule has 3 nitrogen and oxygen atoms in total. The fourth-order valence-corrected chi connectivity index (χ4v) is 2.78. The first-order chi connectivity index (χ1) is 10.1. The average molecular weight is 298 g/mol. The van der Waals surface area contributed by atoms with Gasteiger partial charge in [0.25, 0.3) is 5.91 Å². The lowest BCUT2D eigenvalue weighted by molar-refractivity contribution is 0.0727. The molecule has 1 N–H and O–H groups in total. The maximum atomic E-state index is 13.3. The normalized spacial score (nSPS) is 21.6. The van der Waals surface area contributed by atoms with Crippen LogP contribution in [0.3, 0.4) is 0 Å². The van der Waals surface area contributed by atoms with Gasteiger partial charge in [0.05, 0.1) is 0 Å². The number of rotatable bonds is 4. The zero-order valence-corrected chi connectivity index (χ0v) is 11.5. The lowest BCUT2D eigenvalue weighted by Crippen LogP contribution is -2.42. The molecule has 1 aliphatic heterocycles. The van der Waals surface area contributed by atoms with Gasteiger partial charge >= 0.3 is 0 Å². The predicted octanol–water partition coefficient (Wildman–Crippen LogP) is 2.46. The lowest BCUT2D eigenvalue weighted by Gasteiger charge is -2.26. The van der Waals surface area contributed by atoms with Gasteiger partial charge in [0.2, 0.25) is 0 Å². The van der Waals surface area contributed by atoms with Crippen LogP contribution in [-0.2, 0) is 0 Å². The molecule has 3 rings (SSSR count). The van der Waals surface area contributed by atoms with Crippen molar-refractivity contribution >= 4 is 5.91 Å². The number of hydrogen-bond donors (Lipinski definition) is 1. The van der Waals surface area contributed by atoms with Crippen LogP contribution in [0.15, 0.2) is 12.1 Å². The van der Waals surface area contributed by atoms with Gasteiger partial charge < -0.3 is 10.2 Å². The summed E-state index contributed by atoms with van der Waals surface area (Å²) in [5, 5.41) is 3.31. The van der Waals surface area contributed by atoms with Crippen molar-refractivity contribution in [2.75, 3.05) is 13.1 Å². The second-order valence-corrected chi connectivity index (χ2v) is 5.74. The molecule has 1 unspecified atom stereocenters. The minimum Gasteiger partial charge on any atom is -0.334 e. The van der Waals surface area contributed by atoms with Crippen LogP contribution in [0.2, 0.25) is 0 Å². The Morgan fingerprint density at radius 2 is 1.86 bits per heavy atom. The third kappa shape index (κ3) is 3.05. The number of amides is 1. The van der Waals surface area contributed by atoms with Crippen molar-refractivity contribution in [1.82, 2.24) is 10.2 Å². The molecule has 114 valence electrons. The molecule has 0 spiro atoms. The SMILES string of the molecule is O=C(c1cc(F)c(F)c(F)c1)N(CC1CCCN1)C1CC1. The molecule has 0 aromatic heterocycles. The molecule has 1 heterocycles. The molecule has 2 aliphatic rings. The van der Waals surface area contributed by atoms with Gasteiger partial charge in [-0.25, -0.2) is 13.2 Å². The summed E-state index contributed by atoms with van der Waals surface area (Å²) in [7, 11) is 0. The highest BCUT2D eigenvalue weighted by Crippen LogP contribution is 2.29. The zero-order chi connectivity index (χ0) is 15.0. The monoisotopic (exact) mass is 298 g/mol. The molecule has 0 bridgehead atoms. The Labute approximate surface area is 121 Å². The molecule has 1 atom stereocenters. The summed E-state index contributed by atoms with van der Waals surface area (Å²) < 4.78 is 39.6. The largest absolute Gasteiger partial charge is 0.334 e. The zero-order valence-electron chi connectivity index (χ0n) is 11.5. The van der Waals surface area contributed by atoms with E-state index in [9.17, 15) is 18.0 Å². The van der Waals surface area contributed by atoms with Crippen LogP contribution in [0.1, 0.15) is 36.0 Å². The first-order valence-corrected chi connectivity index (χ1v) is 7.25. The first kappa shape index (κ1) is 14.4. The molecular weight excluding hydrogens is 281 g/mol. The molecular formula is C15H17F3N2O. The predicted molar refractivity (Wildman–Crippen MR) is 71.4 cm³/mol. The fraction of sp³-hybridized carbons (Fsp3) is 0.533. The van der Waals surface area contributed by atoms with Gasteiger partial charge in [-0.2, -0.15) is 0 Å². The van der Waals surface area contributed by atoms with E-state index in [1.165, 1.54) is 0 Å². The number of benzene rings is 1. The standard InChI is InChI=1S/C15H17F3N2O/c16-12-6-9(7-13(17)14(12)18)15(21)20(11-3-4-11)8-10-2-1-5-19-10/h6-7,10-11,19H,1-5,8H2. The van der Waals surface area contributed by atoms with E-state index in [-0.39, 0.29) is 17.6 Å². The fourth-order valence-electron chi connectivity index (χ4n) is 2.78. The Morgan fingerprint density at radius 1 is 1.19 bits per heavy atom. The molecule has 1 amide bonds. The van der Waals surface area contributed by atoms with Crippen molar-refractivity contribution in [2.24, 2.45) is 0 Å². The number of nitrogens with one attached hydrogen (secondary N) is 1. The Bertz CT molecular complexity index is 531. The van der Waals surface area contributed by atoms with E-state index in [0.717, 1.165) is 44.4 Å². The van der Waals surface area contributed by atoms with E-state index in [0.29, 0.717) is 6.54 Å². The summed E-state index contributed by atoms with van der Waals surface area (Å²) in [6.07, 6.45) is 3.87. The second-order valence-electron chi connectivity index (χ2n) is 5.74. The average Bonchev–Trinajstić information content (AvgIpc) is 3.17. The van der Waals surface area contributed by atoms with Crippen LogP contribution in [0.25, 0.3) is 0 Å². The van der Waals surface area contributed by atoms with E-state index in [4.69, 9.17) is 0 Å². The van der Waals surface area contributed by atoms with E-state index in [2.05, 4.69) is 5.32 Å².